The number of likely N-dealkylation sites (tertiary alicyclic amines) is 1. The Labute approximate surface area is 195 Å². The van der Waals surface area contributed by atoms with Crippen LogP contribution in [0.15, 0.2) is 60.8 Å². The van der Waals surface area contributed by atoms with Crippen LogP contribution in [0.3, 0.4) is 0 Å². The van der Waals surface area contributed by atoms with Gasteiger partial charge in [0.15, 0.2) is 0 Å². The van der Waals surface area contributed by atoms with Crippen LogP contribution in [-0.2, 0) is 6.54 Å². The molecule has 5 rings (SSSR count). The number of hydrogen-bond acceptors (Lipinski definition) is 6. The van der Waals surface area contributed by atoms with Crippen LogP contribution in [0.4, 0.5) is 11.5 Å². The number of nitriles is 1. The van der Waals surface area contributed by atoms with Crippen LogP contribution < -0.4 is 10.1 Å². The standard InChI is InChI=1S/C27H29N5O/c28-17-21-14-15-22(18-29-21)30-27-13-5-10-24(31-27)25-11-6-16-32(25)19-20-7-1-4-12-26(20)33-23-8-2-3-9-23/h1,4-5,7,10,12-15,18,23,25H,2-3,6,8-9,11,16,19H2,(H,30,31)/t25-/m0/s1. The van der Waals surface area contributed by atoms with Crippen LogP contribution >= 0.6 is 0 Å². The van der Waals surface area contributed by atoms with Gasteiger partial charge in [0.25, 0.3) is 0 Å². The highest BCUT2D eigenvalue weighted by Crippen LogP contribution is 2.35. The number of rotatable bonds is 7. The molecule has 1 N–H and O–H groups in total. The second kappa shape index (κ2) is 10.0. The molecule has 1 atom stereocenters. The molecule has 0 radical (unpaired) electrons. The SMILES string of the molecule is N#Cc1ccc(Nc2cccc([C@@H]3CCCN3Cc3ccccc3OC3CCCC3)n2)cn1. The number of aromatic nitrogens is 2. The van der Waals surface area contributed by atoms with Gasteiger partial charge in [0.2, 0.25) is 0 Å². The highest BCUT2D eigenvalue weighted by Gasteiger charge is 2.28. The summed E-state index contributed by atoms with van der Waals surface area (Å²) in [6.45, 7) is 1.92. The zero-order valence-electron chi connectivity index (χ0n) is 18.8. The van der Waals surface area contributed by atoms with Gasteiger partial charge in [0.1, 0.15) is 23.3 Å². The van der Waals surface area contributed by atoms with Crippen molar-refractivity contribution in [2.45, 2.75) is 57.2 Å². The van der Waals surface area contributed by atoms with E-state index in [0.717, 1.165) is 48.9 Å². The van der Waals surface area contributed by atoms with Crippen molar-refractivity contribution in [1.82, 2.24) is 14.9 Å². The van der Waals surface area contributed by atoms with E-state index >= 15 is 0 Å². The van der Waals surface area contributed by atoms with Crippen molar-refractivity contribution in [1.29, 1.82) is 5.26 Å². The van der Waals surface area contributed by atoms with Gasteiger partial charge in [-0.15, -0.1) is 0 Å². The van der Waals surface area contributed by atoms with Gasteiger partial charge >= 0.3 is 0 Å². The summed E-state index contributed by atoms with van der Waals surface area (Å²) in [5.41, 5.74) is 3.56. The highest BCUT2D eigenvalue weighted by molar-refractivity contribution is 5.55. The van der Waals surface area contributed by atoms with E-state index in [1.165, 1.54) is 31.2 Å². The van der Waals surface area contributed by atoms with E-state index in [1.807, 2.05) is 18.2 Å². The number of pyridine rings is 2. The zero-order valence-corrected chi connectivity index (χ0v) is 18.8. The van der Waals surface area contributed by atoms with Crippen molar-refractivity contribution in [2.75, 3.05) is 11.9 Å². The molecular weight excluding hydrogens is 410 g/mol. The second-order valence-electron chi connectivity index (χ2n) is 8.88. The highest BCUT2D eigenvalue weighted by atomic mass is 16.5. The minimum atomic E-state index is 0.283. The molecule has 1 aliphatic heterocycles. The van der Waals surface area contributed by atoms with Gasteiger partial charge in [-0.1, -0.05) is 24.3 Å². The van der Waals surface area contributed by atoms with Crippen LogP contribution in [0.25, 0.3) is 0 Å². The summed E-state index contributed by atoms with van der Waals surface area (Å²) >= 11 is 0. The first-order valence-corrected chi connectivity index (χ1v) is 11.9. The minimum absolute atomic E-state index is 0.283. The van der Waals surface area contributed by atoms with Crippen LogP contribution in [0.5, 0.6) is 5.75 Å². The molecule has 2 fully saturated rings. The lowest BCUT2D eigenvalue weighted by atomic mass is 10.1. The zero-order chi connectivity index (χ0) is 22.5. The fourth-order valence-electron chi connectivity index (χ4n) is 4.89. The maximum absolute atomic E-state index is 8.94. The third-order valence-electron chi connectivity index (χ3n) is 6.57. The molecular formula is C27H29N5O. The third-order valence-corrected chi connectivity index (χ3v) is 6.57. The molecule has 0 unspecified atom stereocenters. The number of nitrogens with zero attached hydrogens (tertiary/aromatic N) is 4. The molecule has 6 nitrogen and oxygen atoms in total. The normalized spacial score (nSPS) is 18.8. The fraction of sp³-hybridized carbons (Fsp3) is 0.370. The molecule has 1 saturated carbocycles. The smallest absolute Gasteiger partial charge is 0.140 e. The summed E-state index contributed by atoms with van der Waals surface area (Å²) in [4.78, 5) is 11.6. The lowest BCUT2D eigenvalue weighted by molar-refractivity contribution is 0.198. The van der Waals surface area contributed by atoms with Gasteiger partial charge in [-0.05, 0) is 75.4 Å². The molecule has 0 amide bonds. The largest absolute Gasteiger partial charge is 0.490 e. The Morgan fingerprint density at radius 2 is 1.88 bits per heavy atom. The summed E-state index contributed by atoms with van der Waals surface area (Å²) in [6.07, 6.45) is 9.16. The molecule has 1 aromatic carbocycles. The van der Waals surface area contributed by atoms with Crippen LogP contribution in [0.2, 0.25) is 0 Å². The first-order chi connectivity index (χ1) is 16.3. The van der Waals surface area contributed by atoms with Gasteiger partial charge in [-0.25, -0.2) is 9.97 Å². The Hall–Kier alpha value is -3.43. The Bertz CT molecular complexity index is 1120. The van der Waals surface area contributed by atoms with Crippen LogP contribution in [0.1, 0.15) is 61.5 Å². The van der Waals surface area contributed by atoms with Gasteiger partial charge in [-0.3, -0.25) is 4.90 Å². The van der Waals surface area contributed by atoms with Gasteiger partial charge < -0.3 is 10.1 Å². The lowest BCUT2D eigenvalue weighted by Gasteiger charge is -2.26. The molecule has 3 aromatic rings. The van der Waals surface area contributed by atoms with E-state index in [4.69, 9.17) is 15.0 Å². The molecule has 3 heterocycles. The monoisotopic (exact) mass is 439 g/mol. The molecule has 1 saturated heterocycles. The van der Waals surface area contributed by atoms with Crippen molar-refractivity contribution in [2.24, 2.45) is 0 Å². The summed E-state index contributed by atoms with van der Waals surface area (Å²) in [5, 5.41) is 12.2. The molecule has 2 aliphatic rings. The van der Waals surface area contributed by atoms with Crippen molar-refractivity contribution in [3.05, 3.63) is 77.7 Å². The van der Waals surface area contributed by atoms with Crippen molar-refractivity contribution >= 4 is 11.5 Å². The second-order valence-corrected chi connectivity index (χ2v) is 8.88. The summed E-state index contributed by atoms with van der Waals surface area (Å²) < 4.78 is 6.38. The molecule has 1 aliphatic carbocycles. The summed E-state index contributed by atoms with van der Waals surface area (Å²) in [5.74, 6) is 1.82. The maximum Gasteiger partial charge on any atom is 0.140 e. The average molecular weight is 440 g/mol. The Morgan fingerprint density at radius 3 is 2.70 bits per heavy atom. The van der Waals surface area contributed by atoms with Crippen LogP contribution in [0, 0.1) is 11.3 Å². The van der Waals surface area contributed by atoms with Crippen molar-refractivity contribution < 1.29 is 4.74 Å². The number of ether oxygens (including phenoxy) is 1. The van der Waals surface area contributed by atoms with E-state index in [1.54, 1.807) is 12.3 Å². The Balaban J connectivity index is 1.30. The fourth-order valence-corrected chi connectivity index (χ4v) is 4.89. The molecule has 6 heteroatoms. The number of benzene rings is 1. The maximum atomic E-state index is 8.94. The van der Waals surface area contributed by atoms with E-state index in [0.29, 0.717) is 11.8 Å². The minimum Gasteiger partial charge on any atom is -0.490 e. The van der Waals surface area contributed by atoms with E-state index in [9.17, 15) is 0 Å². The lowest BCUT2D eigenvalue weighted by Crippen LogP contribution is -2.24. The van der Waals surface area contributed by atoms with E-state index in [-0.39, 0.29) is 6.04 Å². The van der Waals surface area contributed by atoms with Crippen molar-refractivity contribution in [3.63, 3.8) is 0 Å². The van der Waals surface area contributed by atoms with E-state index in [2.05, 4.69) is 51.6 Å². The summed E-state index contributed by atoms with van der Waals surface area (Å²) in [7, 11) is 0. The number of para-hydroxylation sites is 1. The molecule has 33 heavy (non-hydrogen) atoms. The van der Waals surface area contributed by atoms with Gasteiger partial charge in [0, 0.05) is 12.1 Å². The quantitative estimate of drug-likeness (QED) is 0.505. The number of anilines is 2. The third kappa shape index (κ3) is 5.15. The predicted octanol–water partition coefficient (Wildman–Crippen LogP) is 5.75. The topological polar surface area (TPSA) is 74.1 Å². The first kappa shape index (κ1) is 21.4. The average Bonchev–Trinajstić information content (AvgIpc) is 3.53. The molecule has 0 bridgehead atoms. The van der Waals surface area contributed by atoms with Gasteiger partial charge in [-0.2, -0.15) is 5.26 Å². The molecule has 2 aromatic heterocycles. The summed E-state index contributed by atoms with van der Waals surface area (Å²) in [6, 6.07) is 20.5. The Kier molecular flexibility index (Phi) is 6.50. The number of nitrogens with one attached hydrogen (secondary N) is 1. The Morgan fingerprint density at radius 1 is 1.00 bits per heavy atom. The van der Waals surface area contributed by atoms with E-state index < -0.39 is 0 Å². The van der Waals surface area contributed by atoms with Crippen molar-refractivity contribution in [3.8, 4) is 11.8 Å². The number of hydrogen-bond donors (Lipinski definition) is 1. The van der Waals surface area contributed by atoms with Crippen LogP contribution in [-0.4, -0.2) is 27.5 Å². The molecule has 168 valence electrons. The predicted molar refractivity (Wildman–Crippen MR) is 128 cm³/mol. The van der Waals surface area contributed by atoms with Gasteiger partial charge in [0.05, 0.1) is 29.7 Å². The molecule has 0 spiro atoms. The first-order valence-electron chi connectivity index (χ1n) is 11.9.